The minimum absolute atomic E-state index is 0.255. The van der Waals surface area contributed by atoms with E-state index in [1.807, 2.05) is 6.92 Å². The van der Waals surface area contributed by atoms with Gasteiger partial charge in [-0.2, -0.15) is 5.10 Å². The van der Waals surface area contributed by atoms with Crippen LogP contribution in [0.1, 0.15) is 15.9 Å². The van der Waals surface area contributed by atoms with Crippen molar-refractivity contribution in [2.45, 2.75) is 6.92 Å². The summed E-state index contributed by atoms with van der Waals surface area (Å²) in [6, 6.07) is 5.06. The SMILES string of the molecule is Cc1cc(Cl)ccc1C(=O)Nc1[nH]ncc1N. The number of hydrogen-bond donors (Lipinski definition) is 3. The number of nitrogen functional groups attached to an aromatic ring is 1. The van der Waals surface area contributed by atoms with Crippen LogP contribution in [-0.4, -0.2) is 16.1 Å². The molecule has 2 aromatic rings. The van der Waals surface area contributed by atoms with E-state index in [1.165, 1.54) is 6.20 Å². The van der Waals surface area contributed by atoms with Crippen molar-refractivity contribution in [3.63, 3.8) is 0 Å². The fraction of sp³-hybridized carbons (Fsp3) is 0.0909. The average Bonchev–Trinajstić information content (AvgIpc) is 2.64. The number of amides is 1. The number of aryl methyl sites for hydroxylation is 1. The van der Waals surface area contributed by atoms with Gasteiger partial charge in [-0.05, 0) is 30.7 Å². The van der Waals surface area contributed by atoms with Gasteiger partial charge in [0.1, 0.15) is 0 Å². The van der Waals surface area contributed by atoms with Crippen molar-refractivity contribution in [3.8, 4) is 0 Å². The van der Waals surface area contributed by atoms with Crippen LogP contribution in [0.2, 0.25) is 5.02 Å². The summed E-state index contributed by atoms with van der Waals surface area (Å²) in [5.41, 5.74) is 7.34. The van der Waals surface area contributed by atoms with E-state index < -0.39 is 0 Å². The summed E-state index contributed by atoms with van der Waals surface area (Å²) in [4.78, 5) is 11.9. The van der Waals surface area contributed by atoms with Crippen molar-refractivity contribution in [1.82, 2.24) is 10.2 Å². The number of aromatic amines is 1. The zero-order chi connectivity index (χ0) is 12.4. The second-order valence-corrected chi connectivity index (χ2v) is 4.05. The highest BCUT2D eigenvalue weighted by Gasteiger charge is 2.11. The molecule has 0 atom stereocenters. The van der Waals surface area contributed by atoms with Crippen LogP contribution in [0.3, 0.4) is 0 Å². The molecule has 0 radical (unpaired) electrons. The van der Waals surface area contributed by atoms with Crippen molar-refractivity contribution in [2.75, 3.05) is 11.1 Å². The lowest BCUT2D eigenvalue weighted by molar-refractivity contribution is 0.102. The zero-order valence-corrected chi connectivity index (χ0v) is 9.88. The monoisotopic (exact) mass is 250 g/mol. The first-order chi connectivity index (χ1) is 8.08. The Labute approximate surface area is 103 Å². The molecule has 0 saturated carbocycles. The molecule has 0 aliphatic carbocycles. The highest BCUT2D eigenvalue weighted by atomic mass is 35.5. The van der Waals surface area contributed by atoms with Crippen LogP contribution in [0.15, 0.2) is 24.4 Å². The Morgan fingerprint density at radius 3 is 2.88 bits per heavy atom. The molecule has 0 aliphatic heterocycles. The molecular weight excluding hydrogens is 240 g/mol. The first-order valence-corrected chi connectivity index (χ1v) is 5.32. The minimum atomic E-state index is -0.255. The van der Waals surface area contributed by atoms with Gasteiger partial charge in [-0.1, -0.05) is 11.6 Å². The fourth-order valence-electron chi connectivity index (χ4n) is 1.46. The molecule has 17 heavy (non-hydrogen) atoms. The Morgan fingerprint density at radius 1 is 1.53 bits per heavy atom. The van der Waals surface area contributed by atoms with E-state index >= 15 is 0 Å². The molecule has 1 heterocycles. The van der Waals surface area contributed by atoms with Crippen molar-refractivity contribution < 1.29 is 4.79 Å². The second-order valence-electron chi connectivity index (χ2n) is 3.61. The number of nitrogens with zero attached hydrogens (tertiary/aromatic N) is 1. The van der Waals surface area contributed by atoms with Crippen LogP contribution >= 0.6 is 11.6 Å². The first kappa shape index (κ1) is 11.5. The molecule has 0 saturated heterocycles. The summed E-state index contributed by atoms with van der Waals surface area (Å²) < 4.78 is 0. The van der Waals surface area contributed by atoms with Crippen molar-refractivity contribution in [3.05, 3.63) is 40.5 Å². The van der Waals surface area contributed by atoms with E-state index in [0.29, 0.717) is 22.1 Å². The molecule has 1 aromatic heterocycles. The summed E-state index contributed by atoms with van der Waals surface area (Å²) in [7, 11) is 0. The standard InChI is InChI=1S/C11H11ClN4O/c1-6-4-7(12)2-3-8(6)11(17)15-10-9(13)5-14-16-10/h2-5H,13H2,1H3,(H2,14,15,16,17). The van der Waals surface area contributed by atoms with E-state index in [1.54, 1.807) is 18.2 Å². The van der Waals surface area contributed by atoms with E-state index in [9.17, 15) is 4.79 Å². The van der Waals surface area contributed by atoms with E-state index in [4.69, 9.17) is 17.3 Å². The van der Waals surface area contributed by atoms with Crippen LogP contribution in [0.5, 0.6) is 0 Å². The van der Waals surface area contributed by atoms with Gasteiger partial charge in [-0.3, -0.25) is 9.89 Å². The van der Waals surface area contributed by atoms with E-state index in [-0.39, 0.29) is 5.91 Å². The van der Waals surface area contributed by atoms with Gasteiger partial charge in [0.05, 0.1) is 11.9 Å². The molecule has 4 N–H and O–H groups in total. The molecule has 0 aliphatic rings. The third-order valence-corrected chi connectivity index (χ3v) is 2.58. The molecule has 0 bridgehead atoms. The predicted molar refractivity (Wildman–Crippen MR) is 67.1 cm³/mol. The Balaban J connectivity index is 2.23. The molecule has 2 rings (SSSR count). The van der Waals surface area contributed by atoms with Gasteiger partial charge in [0.2, 0.25) is 0 Å². The summed E-state index contributed by atoms with van der Waals surface area (Å²) in [6.07, 6.45) is 1.43. The largest absolute Gasteiger partial charge is 0.394 e. The summed E-state index contributed by atoms with van der Waals surface area (Å²) in [6.45, 7) is 1.82. The van der Waals surface area contributed by atoms with Crippen LogP contribution < -0.4 is 11.1 Å². The van der Waals surface area contributed by atoms with Crippen LogP contribution in [0, 0.1) is 6.92 Å². The fourth-order valence-corrected chi connectivity index (χ4v) is 1.68. The summed E-state index contributed by atoms with van der Waals surface area (Å²) in [5.74, 6) is 0.138. The van der Waals surface area contributed by atoms with Crippen molar-refractivity contribution >= 4 is 29.0 Å². The van der Waals surface area contributed by atoms with Crippen LogP contribution in [0.25, 0.3) is 0 Å². The Morgan fingerprint density at radius 2 is 2.29 bits per heavy atom. The van der Waals surface area contributed by atoms with Crippen molar-refractivity contribution in [1.29, 1.82) is 0 Å². The number of H-pyrrole nitrogens is 1. The number of anilines is 2. The number of halogens is 1. The number of aromatic nitrogens is 2. The molecule has 6 heteroatoms. The van der Waals surface area contributed by atoms with E-state index in [0.717, 1.165) is 5.56 Å². The van der Waals surface area contributed by atoms with Crippen molar-refractivity contribution in [2.24, 2.45) is 0 Å². The highest BCUT2D eigenvalue weighted by Crippen LogP contribution is 2.18. The topological polar surface area (TPSA) is 83.8 Å². The number of benzene rings is 1. The number of rotatable bonds is 2. The van der Waals surface area contributed by atoms with Gasteiger partial charge in [-0.15, -0.1) is 0 Å². The summed E-state index contributed by atoms with van der Waals surface area (Å²) >= 11 is 5.82. The minimum Gasteiger partial charge on any atom is -0.394 e. The van der Waals surface area contributed by atoms with Gasteiger partial charge in [-0.25, -0.2) is 0 Å². The zero-order valence-electron chi connectivity index (χ0n) is 9.12. The molecule has 0 fully saturated rings. The maximum atomic E-state index is 11.9. The lowest BCUT2D eigenvalue weighted by Gasteiger charge is -2.06. The molecule has 0 spiro atoms. The number of nitrogens with two attached hydrogens (primary N) is 1. The number of carbonyl (C=O) groups is 1. The van der Waals surface area contributed by atoms with Gasteiger partial charge in [0.25, 0.3) is 5.91 Å². The molecule has 1 amide bonds. The Hall–Kier alpha value is -2.01. The molecule has 0 unspecified atom stereocenters. The lowest BCUT2D eigenvalue weighted by atomic mass is 10.1. The lowest BCUT2D eigenvalue weighted by Crippen LogP contribution is -2.14. The van der Waals surface area contributed by atoms with Gasteiger partial charge >= 0.3 is 0 Å². The normalized spacial score (nSPS) is 10.2. The second kappa shape index (κ2) is 4.47. The quantitative estimate of drug-likeness (QED) is 0.764. The average molecular weight is 251 g/mol. The predicted octanol–water partition coefficient (Wildman–Crippen LogP) is 2.21. The van der Waals surface area contributed by atoms with Gasteiger partial charge < -0.3 is 11.1 Å². The number of hydrogen-bond acceptors (Lipinski definition) is 3. The maximum absolute atomic E-state index is 11.9. The Bertz CT molecular complexity index is 564. The molecule has 1 aromatic carbocycles. The Kier molecular flexibility index (Phi) is 3.01. The number of nitrogens with one attached hydrogen (secondary N) is 2. The first-order valence-electron chi connectivity index (χ1n) is 4.94. The third-order valence-electron chi connectivity index (χ3n) is 2.34. The molecule has 88 valence electrons. The third kappa shape index (κ3) is 2.39. The van der Waals surface area contributed by atoms with Gasteiger partial charge in [0, 0.05) is 10.6 Å². The smallest absolute Gasteiger partial charge is 0.257 e. The maximum Gasteiger partial charge on any atom is 0.257 e. The van der Waals surface area contributed by atoms with Crippen LogP contribution in [0.4, 0.5) is 11.5 Å². The van der Waals surface area contributed by atoms with E-state index in [2.05, 4.69) is 15.5 Å². The van der Waals surface area contributed by atoms with Crippen LogP contribution in [-0.2, 0) is 0 Å². The van der Waals surface area contributed by atoms with Gasteiger partial charge in [0.15, 0.2) is 5.82 Å². The highest BCUT2D eigenvalue weighted by molar-refractivity contribution is 6.30. The summed E-state index contributed by atoms with van der Waals surface area (Å²) in [5, 5.41) is 9.56. The number of carbonyl (C=O) groups excluding carboxylic acids is 1. The molecule has 5 nitrogen and oxygen atoms in total. The molecular formula is C11H11ClN4O.